The molecule has 1 rings (SSSR count). The van der Waals surface area contributed by atoms with Crippen LogP contribution in [0.15, 0.2) is 24.3 Å². The van der Waals surface area contributed by atoms with Gasteiger partial charge in [0.1, 0.15) is 24.1 Å². The number of aromatic hydroxyl groups is 1. The van der Waals surface area contributed by atoms with Crippen LogP contribution in [0.3, 0.4) is 0 Å². The third-order valence-electron chi connectivity index (χ3n) is 2.83. The van der Waals surface area contributed by atoms with Gasteiger partial charge >= 0.3 is 5.97 Å². The molecule has 0 aliphatic carbocycles. The number of carbonyl (C=O) groups is 1. The average Bonchev–Trinajstić information content (AvgIpc) is 2.50. The lowest BCUT2D eigenvalue weighted by Gasteiger charge is -2.28. The van der Waals surface area contributed by atoms with Crippen molar-refractivity contribution in [3.63, 3.8) is 0 Å². The molecule has 1 aromatic rings. The van der Waals surface area contributed by atoms with Crippen LogP contribution in [0.5, 0.6) is 5.75 Å². The zero-order valence-electron chi connectivity index (χ0n) is 11.0. The minimum absolute atomic E-state index is 0.0358. The monoisotopic (exact) mass is 302 g/mol. The number of rotatable bonds is 7. The highest BCUT2D eigenvalue weighted by Gasteiger charge is 2.35. The summed E-state index contributed by atoms with van der Waals surface area (Å²) in [5.74, 6) is -0.995. The lowest BCUT2D eigenvalue weighted by atomic mass is 10.0. The lowest BCUT2D eigenvalue weighted by molar-refractivity contribution is -0.128. The van der Waals surface area contributed by atoms with Crippen molar-refractivity contribution in [1.82, 2.24) is 0 Å². The second-order valence-electron chi connectivity index (χ2n) is 4.41. The van der Waals surface area contributed by atoms with Crippen LogP contribution in [-0.2, 0) is 4.74 Å². The van der Waals surface area contributed by atoms with Gasteiger partial charge in [0.2, 0.25) is 0 Å². The van der Waals surface area contributed by atoms with Crippen LogP contribution in [0.25, 0.3) is 0 Å². The van der Waals surface area contributed by atoms with Gasteiger partial charge in [-0.1, -0.05) is 0 Å². The summed E-state index contributed by atoms with van der Waals surface area (Å²) in [6.45, 7) is -1.63. The number of ether oxygens (including phenoxy) is 1. The summed E-state index contributed by atoms with van der Waals surface area (Å²) in [7, 11) is 0. The van der Waals surface area contributed by atoms with Gasteiger partial charge in [0.05, 0.1) is 18.8 Å². The van der Waals surface area contributed by atoms with Crippen LogP contribution in [0.4, 0.5) is 0 Å². The van der Waals surface area contributed by atoms with Gasteiger partial charge in [-0.2, -0.15) is 0 Å². The van der Waals surface area contributed by atoms with E-state index < -0.39 is 43.6 Å². The van der Waals surface area contributed by atoms with E-state index in [0.717, 1.165) is 0 Å². The summed E-state index contributed by atoms with van der Waals surface area (Å²) in [6.07, 6.45) is -6.69. The Bertz CT molecular complexity index is 446. The molecule has 0 aromatic heterocycles. The third kappa shape index (κ3) is 4.66. The maximum atomic E-state index is 11.9. The second kappa shape index (κ2) is 7.91. The molecule has 0 fully saturated rings. The quantitative estimate of drug-likeness (QED) is 0.316. The first-order valence-corrected chi connectivity index (χ1v) is 6.16. The van der Waals surface area contributed by atoms with Gasteiger partial charge < -0.3 is 35.4 Å². The molecule has 8 heteroatoms. The highest BCUT2D eigenvalue weighted by molar-refractivity contribution is 5.89. The molecule has 1 aromatic carbocycles. The Morgan fingerprint density at radius 2 is 1.52 bits per heavy atom. The summed E-state index contributed by atoms with van der Waals surface area (Å²) in [4.78, 5) is 11.9. The normalized spacial score (nSPS) is 16.8. The molecule has 21 heavy (non-hydrogen) atoms. The summed E-state index contributed by atoms with van der Waals surface area (Å²) < 4.78 is 4.86. The Morgan fingerprint density at radius 1 is 1.00 bits per heavy atom. The first-order valence-electron chi connectivity index (χ1n) is 6.16. The molecule has 8 nitrogen and oxygen atoms in total. The standard InChI is InChI=1S/C13H18O8/c14-5-9(17)11(19)12(10(18)6-15)21-13(20)7-1-3-8(16)4-2-7/h1-4,9-12,14-19H,5-6H2/t9-,10-,11+,12+/m1/s1. The Morgan fingerprint density at radius 3 is 2.00 bits per heavy atom. The number of esters is 1. The number of aliphatic hydroxyl groups excluding tert-OH is 5. The van der Waals surface area contributed by atoms with Gasteiger partial charge in [-0.05, 0) is 24.3 Å². The highest BCUT2D eigenvalue weighted by atomic mass is 16.6. The Labute approximate surface area is 120 Å². The third-order valence-corrected chi connectivity index (χ3v) is 2.83. The number of phenolic OH excluding ortho intramolecular Hbond substituents is 1. The van der Waals surface area contributed by atoms with Crippen LogP contribution >= 0.6 is 0 Å². The maximum Gasteiger partial charge on any atom is 0.338 e. The topological polar surface area (TPSA) is 148 Å². The second-order valence-corrected chi connectivity index (χ2v) is 4.41. The molecule has 0 radical (unpaired) electrons. The van der Waals surface area contributed by atoms with Crippen molar-refractivity contribution in [2.45, 2.75) is 24.4 Å². The fraction of sp³-hybridized carbons (Fsp3) is 0.462. The van der Waals surface area contributed by atoms with E-state index in [-0.39, 0.29) is 11.3 Å². The van der Waals surface area contributed by atoms with E-state index in [1.54, 1.807) is 0 Å². The molecule has 0 heterocycles. The van der Waals surface area contributed by atoms with Crippen molar-refractivity contribution < 1.29 is 40.2 Å². The van der Waals surface area contributed by atoms with Crippen LogP contribution in [0, 0.1) is 0 Å². The molecule has 0 aliphatic heterocycles. The smallest absolute Gasteiger partial charge is 0.338 e. The maximum absolute atomic E-state index is 11.9. The van der Waals surface area contributed by atoms with Crippen LogP contribution in [-0.4, -0.2) is 74.2 Å². The summed E-state index contributed by atoms with van der Waals surface area (Å²) >= 11 is 0. The van der Waals surface area contributed by atoms with Gasteiger partial charge in [-0.15, -0.1) is 0 Å². The molecule has 118 valence electrons. The molecule has 0 aliphatic rings. The van der Waals surface area contributed by atoms with E-state index >= 15 is 0 Å². The Kier molecular flexibility index (Phi) is 6.53. The van der Waals surface area contributed by atoms with E-state index in [1.807, 2.05) is 0 Å². The van der Waals surface area contributed by atoms with Crippen LogP contribution in [0.2, 0.25) is 0 Å². The first-order chi connectivity index (χ1) is 9.90. The number of hydrogen-bond acceptors (Lipinski definition) is 8. The van der Waals surface area contributed by atoms with Crippen molar-refractivity contribution in [2.75, 3.05) is 13.2 Å². The van der Waals surface area contributed by atoms with Crippen molar-refractivity contribution >= 4 is 5.97 Å². The van der Waals surface area contributed by atoms with Crippen molar-refractivity contribution in [3.05, 3.63) is 29.8 Å². The number of phenols is 1. The molecule has 0 saturated heterocycles. The fourth-order valence-corrected chi connectivity index (χ4v) is 1.60. The van der Waals surface area contributed by atoms with E-state index in [2.05, 4.69) is 0 Å². The zero-order valence-corrected chi connectivity index (χ0v) is 11.0. The van der Waals surface area contributed by atoms with E-state index in [1.165, 1.54) is 24.3 Å². The van der Waals surface area contributed by atoms with Crippen LogP contribution in [0.1, 0.15) is 10.4 Å². The fourth-order valence-electron chi connectivity index (χ4n) is 1.60. The molecule has 4 atom stereocenters. The van der Waals surface area contributed by atoms with Crippen molar-refractivity contribution in [2.24, 2.45) is 0 Å². The lowest BCUT2D eigenvalue weighted by Crippen LogP contribution is -2.49. The number of carbonyl (C=O) groups excluding carboxylic acids is 1. The average molecular weight is 302 g/mol. The summed E-state index contributed by atoms with van der Waals surface area (Å²) in [5, 5.41) is 55.4. The number of benzene rings is 1. The van der Waals surface area contributed by atoms with Gasteiger partial charge in [0.25, 0.3) is 0 Å². The minimum Gasteiger partial charge on any atom is -0.508 e. The van der Waals surface area contributed by atoms with Gasteiger partial charge in [0.15, 0.2) is 6.10 Å². The molecule has 6 N–H and O–H groups in total. The predicted molar refractivity (Wildman–Crippen MR) is 69.5 cm³/mol. The number of aliphatic hydroxyl groups is 5. The minimum atomic E-state index is -1.78. The van der Waals surface area contributed by atoms with Gasteiger partial charge in [-0.25, -0.2) is 4.79 Å². The highest BCUT2D eigenvalue weighted by Crippen LogP contribution is 2.15. The molecule has 0 saturated carbocycles. The molecule has 0 bridgehead atoms. The summed E-state index contributed by atoms with van der Waals surface area (Å²) in [6, 6.07) is 5.00. The van der Waals surface area contributed by atoms with Crippen LogP contribution < -0.4 is 0 Å². The van der Waals surface area contributed by atoms with E-state index in [9.17, 15) is 20.1 Å². The van der Waals surface area contributed by atoms with Gasteiger partial charge in [-0.3, -0.25) is 0 Å². The SMILES string of the molecule is O=C(O[C@H]([C@@H](O)[C@H](O)CO)[C@H](O)CO)c1ccc(O)cc1. The first kappa shape index (κ1) is 17.3. The zero-order chi connectivity index (χ0) is 16.0. The van der Waals surface area contributed by atoms with E-state index in [0.29, 0.717) is 0 Å². The van der Waals surface area contributed by atoms with Crippen molar-refractivity contribution in [1.29, 1.82) is 0 Å². The molecule has 0 spiro atoms. The van der Waals surface area contributed by atoms with Gasteiger partial charge in [0, 0.05) is 0 Å². The van der Waals surface area contributed by atoms with E-state index in [4.69, 9.17) is 20.1 Å². The predicted octanol–water partition coefficient (Wildman–Crippen LogP) is -2.02. The molecular weight excluding hydrogens is 284 g/mol. The molecule has 0 unspecified atom stereocenters. The Balaban J connectivity index is 2.85. The Hall–Kier alpha value is -1.71. The van der Waals surface area contributed by atoms with Crippen molar-refractivity contribution in [3.8, 4) is 5.75 Å². The molecule has 0 amide bonds. The summed E-state index contributed by atoms with van der Waals surface area (Å²) in [5.41, 5.74) is 0.0358. The largest absolute Gasteiger partial charge is 0.508 e. The molecular formula is C13H18O8. The number of hydrogen-bond donors (Lipinski definition) is 6.